The largest absolute Gasteiger partial charge is 0.481 e. The summed E-state index contributed by atoms with van der Waals surface area (Å²) in [6, 6.07) is 0. The van der Waals surface area contributed by atoms with Gasteiger partial charge in [-0.1, -0.05) is 310 Å². The minimum absolute atomic E-state index is 0.109. The lowest BCUT2D eigenvalue weighted by molar-refractivity contribution is -0.161. The zero-order valence-corrected chi connectivity index (χ0v) is 54.4. The molecule has 0 saturated carbocycles. The second-order valence-corrected chi connectivity index (χ2v) is 25.8. The molecule has 0 radical (unpaired) electrons. The van der Waals surface area contributed by atoms with Crippen LogP contribution in [0.2, 0.25) is 0 Å². The standard InChI is InChI=1S/C34H62O6S.C34H66O4S/c1-3-5-7-9-11-13-15-17-19-21-23-25-31(35)39-33(37)27-29-41-30-28-34(38)40-32(36)26-24-22-20-18-16-14-12-10-8-6-4-2;1-3-5-7-9-11-13-15-17-19-21-23-25-28-34(33(37)38,31-39-30-27-32(35)36)29-26-24-22-20-18-16-14-12-10-8-6-4-2/h3-30H2,1-2H3;3-31H2,1-2H3,(H,35,36)(H,37,38). The zero-order valence-electron chi connectivity index (χ0n) is 52.8. The number of aliphatic carboxylic acids is 2. The molecule has 0 spiro atoms. The average Bonchev–Trinajstić information content (AvgIpc) is 3.43. The van der Waals surface area contributed by atoms with E-state index >= 15 is 0 Å². The average molecular weight is 1170 g/mol. The summed E-state index contributed by atoms with van der Waals surface area (Å²) in [5.41, 5.74) is -0.694. The third-order valence-electron chi connectivity index (χ3n) is 15.6. The van der Waals surface area contributed by atoms with Crippen LogP contribution in [-0.2, 0) is 38.2 Å². The van der Waals surface area contributed by atoms with Gasteiger partial charge in [0.05, 0.1) is 24.7 Å². The summed E-state index contributed by atoms with van der Waals surface area (Å²) < 4.78 is 9.77. The molecule has 12 heteroatoms. The van der Waals surface area contributed by atoms with Crippen molar-refractivity contribution in [1.29, 1.82) is 0 Å². The SMILES string of the molecule is CCCCCCCCCCCCCC(=O)OC(=O)CCSCCC(=O)OC(=O)CCCCCCCCCCCCC.CCCCCCCCCCCCCCC(CCCCCCCCCCCCCC)(CSCCC(=O)O)C(=O)O. The van der Waals surface area contributed by atoms with Gasteiger partial charge in [-0.3, -0.25) is 28.8 Å². The van der Waals surface area contributed by atoms with Gasteiger partial charge in [0.2, 0.25) is 0 Å². The van der Waals surface area contributed by atoms with Gasteiger partial charge in [0, 0.05) is 35.9 Å². The Bertz CT molecular complexity index is 1330. The summed E-state index contributed by atoms with van der Waals surface area (Å²) in [7, 11) is 0. The summed E-state index contributed by atoms with van der Waals surface area (Å²) in [5.74, 6) is -1.43. The second-order valence-electron chi connectivity index (χ2n) is 23.4. The lowest BCUT2D eigenvalue weighted by atomic mass is 9.79. The van der Waals surface area contributed by atoms with Gasteiger partial charge in [-0.2, -0.15) is 23.5 Å². The first-order valence-corrected chi connectivity index (χ1v) is 36.4. The van der Waals surface area contributed by atoms with Crippen molar-refractivity contribution in [3.8, 4) is 0 Å². The fraction of sp³-hybridized carbons (Fsp3) is 0.912. The van der Waals surface area contributed by atoms with Crippen molar-refractivity contribution in [2.45, 2.75) is 368 Å². The first kappa shape index (κ1) is 80.0. The Morgan fingerprint density at radius 1 is 0.287 bits per heavy atom. The van der Waals surface area contributed by atoms with Crippen LogP contribution in [0.25, 0.3) is 0 Å². The number of carbonyl (C=O) groups is 6. The molecule has 0 aromatic carbocycles. The van der Waals surface area contributed by atoms with Gasteiger partial charge < -0.3 is 19.7 Å². The van der Waals surface area contributed by atoms with Crippen molar-refractivity contribution in [3.63, 3.8) is 0 Å². The number of rotatable bonds is 62. The van der Waals surface area contributed by atoms with Crippen molar-refractivity contribution in [2.24, 2.45) is 5.41 Å². The van der Waals surface area contributed by atoms with E-state index < -0.39 is 41.2 Å². The molecule has 0 bridgehead atoms. The van der Waals surface area contributed by atoms with E-state index in [9.17, 15) is 33.9 Å². The van der Waals surface area contributed by atoms with E-state index in [2.05, 4.69) is 27.7 Å². The van der Waals surface area contributed by atoms with Crippen LogP contribution in [0.15, 0.2) is 0 Å². The number of hydrogen-bond donors (Lipinski definition) is 2. The highest BCUT2D eigenvalue weighted by atomic mass is 32.2. The highest BCUT2D eigenvalue weighted by Crippen LogP contribution is 2.36. The van der Waals surface area contributed by atoms with Crippen LogP contribution in [0.5, 0.6) is 0 Å². The van der Waals surface area contributed by atoms with Crippen molar-refractivity contribution in [3.05, 3.63) is 0 Å². The van der Waals surface area contributed by atoms with E-state index in [0.717, 1.165) is 77.0 Å². The van der Waals surface area contributed by atoms with Crippen molar-refractivity contribution in [1.82, 2.24) is 0 Å². The molecule has 0 heterocycles. The van der Waals surface area contributed by atoms with E-state index in [1.54, 1.807) is 0 Å². The molecule has 0 fully saturated rings. The Morgan fingerprint density at radius 2 is 0.512 bits per heavy atom. The topological polar surface area (TPSA) is 161 Å². The molecular formula is C68H128O10S2. The monoisotopic (exact) mass is 1170 g/mol. The molecule has 0 rings (SSSR count). The molecule has 0 saturated heterocycles. The number of thioether (sulfide) groups is 2. The lowest BCUT2D eigenvalue weighted by Gasteiger charge is -2.29. The molecule has 0 aromatic heterocycles. The van der Waals surface area contributed by atoms with Crippen LogP contribution < -0.4 is 0 Å². The van der Waals surface area contributed by atoms with Crippen LogP contribution in [0.1, 0.15) is 368 Å². The quantitative estimate of drug-likeness (QED) is 0.0337. The Labute approximate surface area is 501 Å². The fourth-order valence-corrected chi connectivity index (χ4v) is 12.4. The molecule has 472 valence electrons. The number of carboxylic acids is 2. The molecule has 0 unspecified atom stereocenters. The van der Waals surface area contributed by atoms with Crippen molar-refractivity contribution >= 4 is 59.3 Å². The van der Waals surface area contributed by atoms with Crippen LogP contribution >= 0.6 is 23.5 Å². The molecule has 0 aliphatic carbocycles. The van der Waals surface area contributed by atoms with Gasteiger partial charge in [0.25, 0.3) is 0 Å². The van der Waals surface area contributed by atoms with Crippen molar-refractivity contribution in [2.75, 3.05) is 23.0 Å². The van der Waals surface area contributed by atoms with Crippen molar-refractivity contribution < 1.29 is 48.5 Å². The minimum atomic E-state index is -0.801. The molecule has 0 aliphatic heterocycles. The Kier molecular flexibility index (Phi) is 64.5. The number of hydrogen-bond acceptors (Lipinski definition) is 10. The summed E-state index contributed by atoms with van der Waals surface area (Å²) in [4.78, 5) is 70.8. The van der Waals surface area contributed by atoms with Gasteiger partial charge in [-0.15, -0.1) is 0 Å². The maximum atomic E-state index is 12.5. The number of ether oxygens (including phenoxy) is 2. The number of carbonyl (C=O) groups excluding carboxylic acids is 4. The molecular weight excluding hydrogens is 1040 g/mol. The van der Waals surface area contributed by atoms with Gasteiger partial charge >= 0.3 is 35.8 Å². The van der Waals surface area contributed by atoms with E-state index in [1.165, 1.54) is 255 Å². The molecule has 10 nitrogen and oxygen atoms in total. The van der Waals surface area contributed by atoms with Crippen LogP contribution in [0.3, 0.4) is 0 Å². The molecule has 0 amide bonds. The zero-order chi connectivity index (χ0) is 59.1. The van der Waals surface area contributed by atoms with Crippen LogP contribution in [-0.4, -0.2) is 69.0 Å². The molecule has 0 aromatic rings. The van der Waals surface area contributed by atoms with Crippen LogP contribution in [0.4, 0.5) is 0 Å². The fourth-order valence-electron chi connectivity index (χ4n) is 10.3. The third kappa shape index (κ3) is 60.5. The number of carboxylic acid groups (broad SMARTS) is 2. The molecule has 2 N–H and O–H groups in total. The first-order chi connectivity index (χ1) is 39.0. The number of esters is 4. The Balaban J connectivity index is 0. The predicted octanol–water partition coefficient (Wildman–Crippen LogP) is 21.5. The first-order valence-electron chi connectivity index (χ1n) is 34.1. The van der Waals surface area contributed by atoms with Gasteiger partial charge in [0.15, 0.2) is 0 Å². The molecule has 80 heavy (non-hydrogen) atoms. The number of unbranched alkanes of at least 4 members (excludes halogenated alkanes) is 42. The van der Waals surface area contributed by atoms with Gasteiger partial charge in [-0.25, -0.2) is 0 Å². The van der Waals surface area contributed by atoms with E-state index in [0.29, 0.717) is 23.0 Å². The maximum Gasteiger partial charge on any atom is 0.314 e. The summed E-state index contributed by atoms with van der Waals surface area (Å²) >= 11 is 2.94. The highest BCUT2D eigenvalue weighted by molar-refractivity contribution is 7.99. The smallest absolute Gasteiger partial charge is 0.314 e. The Morgan fingerprint density at radius 3 is 0.762 bits per heavy atom. The minimum Gasteiger partial charge on any atom is -0.481 e. The summed E-state index contributed by atoms with van der Waals surface area (Å²) in [5, 5.41) is 19.2. The van der Waals surface area contributed by atoms with Crippen LogP contribution in [0, 0.1) is 5.41 Å². The highest BCUT2D eigenvalue weighted by Gasteiger charge is 2.37. The Hall–Kier alpha value is -2.08. The van der Waals surface area contributed by atoms with Gasteiger partial charge in [-0.05, 0) is 25.7 Å². The maximum absolute atomic E-state index is 12.5. The van der Waals surface area contributed by atoms with E-state index in [4.69, 9.17) is 14.6 Å². The third-order valence-corrected chi connectivity index (χ3v) is 17.9. The van der Waals surface area contributed by atoms with E-state index in [1.807, 2.05) is 0 Å². The predicted molar refractivity (Wildman–Crippen MR) is 342 cm³/mol. The van der Waals surface area contributed by atoms with E-state index in [-0.39, 0.29) is 32.1 Å². The molecule has 0 atom stereocenters. The summed E-state index contributed by atoms with van der Waals surface area (Å²) in [6.07, 6.45) is 59.8. The van der Waals surface area contributed by atoms with Gasteiger partial charge in [0.1, 0.15) is 0 Å². The molecule has 0 aliphatic rings. The summed E-state index contributed by atoms with van der Waals surface area (Å²) in [6.45, 7) is 9.00. The lowest BCUT2D eigenvalue weighted by Crippen LogP contribution is -2.34. The second kappa shape index (κ2) is 64.5. The normalized spacial score (nSPS) is 11.3.